The van der Waals surface area contributed by atoms with Gasteiger partial charge in [0.15, 0.2) is 0 Å². The molecule has 1 aliphatic carbocycles. The van der Waals surface area contributed by atoms with Crippen molar-refractivity contribution >= 4 is 22.6 Å². The van der Waals surface area contributed by atoms with Crippen LogP contribution in [0.2, 0.25) is 5.28 Å². The van der Waals surface area contributed by atoms with Gasteiger partial charge in [-0.1, -0.05) is 44.2 Å². The van der Waals surface area contributed by atoms with E-state index in [1.54, 1.807) is 0 Å². The van der Waals surface area contributed by atoms with Crippen LogP contribution in [0.1, 0.15) is 70.8 Å². The lowest BCUT2D eigenvalue weighted by Gasteiger charge is -2.46. The zero-order valence-electron chi connectivity index (χ0n) is 15.4. The van der Waals surface area contributed by atoms with E-state index in [4.69, 9.17) is 11.6 Å². The molecule has 0 unspecified atom stereocenters. The molecule has 0 N–H and O–H groups in total. The van der Waals surface area contributed by atoms with E-state index in [9.17, 15) is 0 Å². The van der Waals surface area contributed by atoms with Crippen LogP contribution in [0.4, 0.5) is 0 Å². The molecule has 1 saturated carbocycles. The van der Waals surface area contributed by atoms with Crippen LogP contribution in [0.5, 0.6) is 0 Å². The standard InChI is InChI=1S/C21H30ClN3/c1-21(13-7-3-2-4-8-14-21)24-15-11-17(12-16-24)25-19-10-6-5-9-18(19)23-20(25)22/h5-6,9-10,17H,2-4,7-8,11-16H2,1H3. The summed E-state index contributed by atoms with van der Waals surface area (Å²) in [7, 11) is 0. The summed E-state index contributed by atoms with van der Waals surface area (Å²) in [5.41, 5.74) is 2.61. The van der Waals surface area contributed by atoms with Crippen molar-refractivity contribution in [2.45, 2.75) is 76.3 Å². The van der Waals surface area contributed by atoms with Crippen LogP contribution in [-0.2, 0) is 0 Å². The molecule has 136 valence electrons. The summed E-state index contributed by atoms with van der Waals surface area (Å²) in [6, 6.07) is 8.81. The molecule has 4 rings (SSSR count). The number of aromatic nitrogens is 2. The van der Waals surface area contributed by atoms with Gasteiger partial charge in [-0.25, -0.2) is 4.98 Å². The van der Waals surface area contributed by atoms with Crippen molar-refractivity contribution in [2.24, 2.45) is 0 Å². The topological polar surface area (TPSA) is 21.1 Å². The number of imidazole rings is 1. The van der Waals surface area contributed by atoms with Crippen molar-refractivity contribution in [3.05, 3.63) is 29.5 Å². The van der Waals surface area contributed by atoms with Gasteiger partial charge in [0.25, 0.3) is 0 Å². The highest BCUT2D eigenvalue weighted by Crippen LogP contribution is 2.37. The van der Waals surface area contributed by atoms with Gasteiger partial charge in [0.1, 0.15) is 0 Å². The van der Waals surface area contributed by atoms with Gasteiger partial charge in [-0.05, 0) is 56.3 Å². The maximum atomic E-state index is 6.49. The molecule has 3 nitrogen and oxygen atoms in total. The summed E-state index contributed by atoms with van der Waals surface area (Å²) in [6.45, 7) is 4.88. The largest absolute Gasteiger partial charge is 0.311 e. The number of nitrogens with zero attached hydrogens (tertiary/aromatic N) is 3. The Labute approximate surface area is 156 Å². The first kappa shape index (κ1) is 17.4. The first-order chi connectivity index (χ1) is 12.2. The van der Waals surface area contributed by atoms with Gasteiger partial charge < -0.3 is 4.57 Å². The number of hydrogen-bond acceptors (Lipinski definition) is 2. The summed E-state index contributed by atoms with van der Waals surface area (Å²) in [6.07, 6.45) is 12.2. The third kappa shape index (κ3) is 3.46. The molecular formula is C21H30ClN3. The predicted octanol–water partition coefficient (Wildman–Crippen LogP) is 5.83. The average Bonchev–Trinajstić information content (AvgIpc) is 2.94. The molecule has 4 heteroatoms. The van der Waals surface area contributed by atoms with E-state index in [0.29, 0.717) is 16.9 Å². The zero-order chi connectivity index (χ0) is 17.3. The Morgan fingerprint density at radius 3 is 2.36 bits per heavy atom. The highest BCUT2D eigenvalue weighted by molar-refractivity contribution is 6.29. The molecule has 0 radical (unpaired) electrons. The quantitative estimate of drug-likeness (QED) is 0.672. The fraction of sp³-hybridized carbons (Fsp3) is 0.667. The molecule has 0 atom stereocenters. The molecule has 25 heavy (non-hydrogen) atoms. The monoisotopic (exact) mass is 359 g/mol. The van der Waals surface area contributed by atoms with E-state index in [-0.39, 0.29) is 0 Å². The van der Waals surface area contributed by atoms with Gasteiger partial charge in [-0.3, -0.25) is 4.90 Å². The third-order valence-electron chi connectivity index (χ3n) is 6.58. The minimum absolute atomic E-state index is 0.409. The highest BCUT2D eigenvalue weighted by Gasteiger charge is 2.35. The molecule has 2 aromatic rings. The van der Waals surface area contributed by atoms with Crippen molar-refractivity contribution < 1.29 is 0 Å². The Hall–Kier alpha value is -1.06. The first-order valence-corrected chi connectivity index (χ1v) is 10.4. The average molecular weight is 360 g/mol. The van der Waals surface area contributed by atoms with Gasteiger partial charge in [0.2, 0.25) is 5.28 Å². The molecule has 2 heterocycles. The van der Waals surface area contributed by atoms with Gasteiger partial charge in [-0.15, -0.1) is 0 Å². The Kier molecular flexibility index (Phi) is 5.06. The number of halogens is 1. The number of piperidine rings is 1. The molecule has 0 amide bonds. The molecule has 2 fully saturated rings. The zero-order valence-corrected chi connectivity index (χ0v) is 16.1. The van der Waals surface area contributed by atoms with E-state index in [1.807, 2.05) is 6.07 Å². The molecule has 1 aromatic heterocycles. The van der Waals surface area contributed by atoms with Crippen LogP contribution in [-0.4, -0.2) is 33.1 Å². The third-order valence-corrected chi connectivity index (χ3v) is 6.84. The summed E-state index contributed by atoms with van der Waals surface area (Å²) in [5, 5.41) is 0.650. The lowest BCUT2D eigenvalue weighted by atomic mass is 9.82. The fourth-order valence-electron chi connectivity index (χ4n) is 5.01. The number of likely N-dealkylation sites (tertiary alicyclic amines) is 1. The van der Waals surface area contributed by atoms with Gasteiger partial charge >= 0.3 is 0 Å². The van der Waals surface area contributed by atoms with Crippen molar-refractivity contribution in [3.8, 4) is 0 Å². The van der Waals surface area contributed by atoms with Crippen LogP contribution >= 0.6 is 11.6 Å². The highest BCUT2D eigenvalue weighted by atomic mass is 35.5. The second-order valence-electron chi connectivity index (χ2n) is 8.22. The van der Waals surface area contributed by atoms with Gasteiger partial charge in [0, 0.05) is 24.7 Å². The SMILES string of the molecule is CC1(N2CCC(n3c(Cl)nc4ccccc43)CC2)CCCCCCC1. The van der Waals surface area contributed by atoms with E-state index in [0.717, 1.165) is 5.52 Å². The van der Waals surface area contributed by atoms with E-state index in [2.05, 4.69) is 39.6 Å². The fourth-order valence-corrected chi connectivity index (χ4v) is 5.33. The van der Waals surface area contributed by atoms with Crippen molar-refractivity contribution in [3.63, 3.8) is 0 Å². The van der Waals surface area contributed by atoms with Crippen LogP contribution in [0, 0.1) is 0 Å². The van der Waals surface area contributed by atoms with Crippen LogP contribution in [0.15, 0.2) is 24.3 Å². The summed E-state index contributed by atoms with van der Waals surface area (Å²) >= 11 is 6.49. The van der Waals surface area contributed by atoms with Crippen LogP contribution < -0.4 is 0 Å². The summed E-state index contributed by atoms with van der Waals surface area (Å²) in [5.74, 6) is 0. The molecule has 1 aliphatic heterocycles. The smallest absolute Gasteiger partial charge is 0.204 e. The molecule has 0 spiro atoms. The van der Waals surface area contributed by atoms with Crippen LogP contribution in [0.3, 0.4) is 0 Å². The van der Waals surface area contributed by atoms with E-state index >= 15 is 0 Å². The van der Waals surface area contributed by atoms with Crippen LogP contribution in [0.25, 0.3) is 11.0 Å². The number of rotatable bonds is 2. The minimum atomic E-state index is 0.409. The first-order valence-electron chi connectivity index (χ1n) is 10.0. The molecule has 0 bridgehead atoms. The van der Waals surface area contributed by atoms with Crippen molar-refractivity contribution in [2.75, 3.05) is 13.1 Å². The summed E-state index contributed by atoms with van der Waals surface area (Å²) < 4.78 is 2.27. The molecule has 1 aromatic carbocycles. The number of para-hydroxylation sites is 2. The van der Waals surface area contributed by atoms with E-state index < -0.39 is 0 Å². The Balaban J connectivity index is 1.48. The molecule has 2 aliphatic rings. The molecular weight excluding hydrogens is 330 g/mol. The lowest BCUT2D eigenvalue weighted by Crippen LogP contribution is -2.50. The molecule has 1 saturated heterocycles. The maximum absolute atomic E-state index is 6.49. The Morgan fingerprint density at radius 2 is 1.64 bits per heavy atom. The Morgan fingerprint density at radius 1 is 1.00 bits per heavy atom. The normalized spacial score (nSPS) is 23.4. The number of hydrogen-bond donors (Lipinski definition) is 0. The van der Waals surface area contributed by atoms with Gasteiger partial charge in [-0.2, -0.15) is 0 Å². The lowest BCUT2D eigenvalue weighted by molar-refractivity contribution is 0.0441. The van der Waals surface area contributed by atoms with Gasteiger partial charge in [0.05, 0.1) is 11.0 Å². The second-order valence-corrected chi connectivity index (χ2v) is 8.56. The number of fused-ring (bicyclic) bond motifs is 1. The summed E-state index contributed by atoms with van der Waals surface area (Å²) in [4.78, 5) is 7.33. The predicted molar refractivity (Wildman–Crippen MR) is 105 cm³/mol. The Bertz CT molecular complexity index is 707. The minimum Gasteiger partial charge on any atom is -0.311 e. The van der Waals surface area contributed by atoms with E-state index in [1.165, 1.54) is 76.4 Å². The van der Waals surface area contributed by atoms with Crippen molar-refractivity contribution in [1.29, 1.82) is 0 Å². The van der Waals surface area contributed by atoms with Crippen molar-refractivity contribution in [1.82, 2.24) is 14.5 Å². The number of benzene rings is 1. The maximum Gasteiger partial charge on any atom is 0.204 e. The second kappa shape index (κ2) is 7.28.